The van der Waals surface area contributed by atoms with Crippen LogP contribution in [0.3, 0.4) is 0 Å². The predicted octanol–water partition coefficient (Wildman–Crippen LogP) is 15.2. The summed E-state index contributed by atoms with van der Waals surface area (Å²) in [6.45, 7) is 12.2. The molecule has 7 heteroatoms. The lowest BCUT2D eigenvalue weighted by Gasteiger charge is -2.16. The van der Waals surface area contributed by atoms with Gasteiger partial charge >= 0.3 is 0 Å². The highest BCUT2D eigenvalue weighted by Crippen LogP contribution is 2.27. The summed E-state index contributed by atoms with van der Waals surface area (Å²) in [5, 5.41) is 9.87. The van der Waals surface area contributed by atoms with Crippen molar-refractivity contribution >= 4 is 27.7 Å². The van der Waals surface area contributed by atoms with Gasteiger partial charge in [0.2, 0.25) is 0 Å². The van der Waals surface area contributed by atoms with E-state index in [0.29, 0.717) is 18.4 Å². The van der Waals surface area contributed by atoms with Gasteiger partial charge < -0.3 is 9.47 Å². The zero-order valence-electron chi connectivity index (χ0n) is 40.8. The first-order valence-electron chi connectivity index (χ1n) is 24.5. The molecule has 0 amide bonds. The summed E-state index contributed by atoms with van der Waals surface area (Å²) in [7, 11) is 0. The molecule has 2 heterocycles. The van der Waals surface area contributed by atoms with Crippen LogP contribution >= 0.6 is 15.9 Å². The van der Waals surface area contributed by atoms with E-state index in [9.17, 15) is 0 Å². The quantitative estimate of drug-likeness (QED) is 0.0426. The monoisotopic (exact) mass is 959 g/mol. The number of halogens is 1. The topological polar surface area (TPSA) is 72.6 Å². The van der Waals surface area contributed by atoms with E-state index < -0.39 is 0 Å². The molecule has 0 aliphatic carbocycles. The highest BCUT2D eigenvalue weighted by Gasteiger charge is 2.30. The van der Waals surface area contributed by atoms with E-state index in [1.165, 1.54) is 53.5 Å². The van der Waals surface area contributed by atoms with Crippen LogP contribution in [0.1, 0.15) is 120 Å². The number of nitrogens with zero attached hydrogens (tertiary/aromatic N) is 2. The summed E-state index contributed by atoms with van der Waals surface area (Å²) in [5.74, 6) is 2.70. The molecule has 6 nitrogen and oxygen atoms in total. The molecule has 0 unspecified atom stereocenters. The Balaban J connectivity index is 0.000000212. The van der Waals surface area contributed by atoms with Crippen LogP contribution < -0.4 is 0 Å². The molecule has 1 N–H and O–H groups in total. The van der Waals surface area contributed by atoms with E-state index in [-0.39, 0.29) is 11.1 Å². The lowest BCUT2D eigenvalue weighted by atomic mass is 9.93. The van der Waals surface area contributed by atoms with Crippen molar-refractivity contribution in [2.24, 2.45) is 21.8 Å². The van der Waals surface area contributed by atoms with Crippen molar-refractivity contribution in [3.8, 4) is 0 Å². The lowest BCUT2D eigenvalue weighted by Crippen LogP contribution is -2.17. The summed E-state index contributed by atoms with van der Waals surface area (Å²) < 4.78 is 11.1. The van der Waals surface area contributed by atoms with Crippen molar-refractivity contribution in [3.63, 3.8) is 0 Å². The van der Waals surface area contributed by atoms with E-state index in [4.69, 9.17) is 19.7 Å². The molecule has 0 fully saturated rings. The molecule has 0 saturated carbocycles. The molecule has 7 rings (SSSR count). The maximum Gasteiger partial charge on any atom is 0.187 e. The van der Waals surface area contributed by atoms with Gasteiger partial charge in [-0.3, -0.25) is 5.26 Å². The van der Waals surface area contributed by atoms with Crippen molar-refractivity contribution in [3.05, 3.63) is 179 Å². The second kappa shape index (κ2) is 31.4. The van der Waals surface area contributed by atoms with Crippen molar-refractivity contribution in [2.75, 3.05) is 25.2 Å². The summed E-state index contributed by atoms with van der Waals surface area (Å²) in [5.41, 5.74) is 7.01. The van der Waals surface area contributed by atoms with Crippen molar-refractivity contribution < 1.29 is 19.6 Å². The zero-order chi connectivity index (χ0) is 47.1. The SMILES string of the molecule is BrCCCc1ccccc1.CC1(C)COC(C(CCCc2ccccc2)CCCc2ccccc2)=N1.CC1=NC(C)(C)CO1.OOCC(CCCc1ccccc1)CCCc1ccccc1. The van der Waals surface area contributed by atoms with Gasteiger partial charge in [-0.05, 0) is 151 Å². The minimum absolute atomic E-state index is 0.0318. The van der Waals surface area contributed by atoms with Gasteiger partial charge in [-0.2, -0.15) is 0 Å². The number of aryl methyl sites for hydroxylation is 5. The van der Waals surface area contributed by atoms with Crippen LogP contribution in [0.4, 0.5) is 0 Å². The Labute approximate surface area is 407 Å². The molecule has 0 aromatic heterocycles. The molecular formula is C59H79BrN2O4. The maximum atomic E-state index is 8.77. The van der Waals surface area contributed by atoms with E-state index in [0.717, 1.165) is 94.5 Å². The number of benzene rings is 5. The van der Waals surface area contributed by atoms with Gasteiger partial charge in [-0.15, -0.1) is 0 Å². The van der Waals surface area contributed by atoms with Gasteiger partial charge in [0.15, 0.2) is 11.8 Å². The molecule has 356 valence electrons. The molecular weight excluding hydrogens is 881 g/mol. The Morgan fingerprint density at radius 1 is 0.500 bits per heavy atom. The fraction of sp³-hybridized carbons (Fsp3) is 0.458. The molecule has 66 heavy (non-hydrogen) atoms. The smallest absolute Gasteiger partial charge is 0.187 e. The first-order valence-corrected chi connectivity index (χ1v) is 25.6. The summed E-state index contributed by atoms with van der Waals surface area (Å²) in [6, 6.07) is 53.2. The average molecular weight is 960 g/mol. The predicted molar refractivity (Wildman–Crippen MR) is 282 cm³/mol. The second-order valence-corrected chi connectivity index (χ2v) is 19.7. The Morgan fingerprint density at radius 3 is 1.11 bits per heavy atom. The minimum Gasteiger partial charge on any atom is -0.479 e. The molecule has 0 radical (unpaired) electrons. The van der Waals surface area contributed by atoms with Crippen LogP contribution in [0.2, 0.25) is 0 Å². The fourth-order valence-electron chi connectivity index (χ4n) is 8.19. The standard InChI is InChI=1S/C24H31NO.C20H26O2.C9H11Br.C6H11NO/c1-24(2)19-26-23(25-24)22(17-9-15-20-11-5-3-6-12-20)18-10-16-21-13-7-4-8-14-21;21-22-17-20(15-7-13-18-9-3-1-4-10-18)16-8-14-19-11-5-2-6-12-19;10-8-4-7-9-5-2-1-3-6-9;1-5-7-6(2,3)4-8-5/h3-8,11-14,22H,9-10,15-19H2,1-2H3;1-6,9-12,20-21H,7-8,13-17H2;1-3,5-6H,4,7-8H2;4H2,1-3H3. The van der Waals surface area contributed by atoms with Crippen LogP contribution in [0, 0.1) is 11.8 Å². The molecule has 2 aliphatic rings. The van der Waals surface area contributed by atoms with Gasteiger partial charge in [0, 0.05) is 18.2 Å². The maximum absolute atomic E-state index is 8.77. The van der Waals surface area contributed by atoms with Crippen LogP contribution in [-0.2, 0) is 46.5 Å². The second-order valence-electron chi connectivity index (χ2n) is 18.9. The third kappa shape index (κ3) is 23.8. The highest BCUT2D eigenvalue weighted by atomic mass is 79.9. The van der Waals surface area contributed by atoms with Gasteiger partial charge in [0.25, 0.3) is 0 Å². The van der Waals surface area contributed by atoms with E-state index in [1.54, 1.807) is 0 Å². The van der Waals surface area contributed by atoms with Gasteiger partial charge in [0.1, 0.15) is 13.2 Å². The number of alkyl halides is 1. The fourth-order valence-corrected chi connectivity index (χ4v) is 8.47. The summed E-state index contributed by atoms with van der Waals surface area (Å²) >= 11 is 3.41. The van der Waals surface area contributed by atoms with Crippen LogP contribution in [0.15, 0.2) is 162 Å². The van der Waals surface area contributed by atoms with E-state index in [1.807, 2.05) is 6.92 Å². The van der Waals surface area contributed by atoms with Crippen molar-refractivity contribution in [1.29, 1.82) is 0 Å². The zero-order valence-corrected chi connectivity index (χ0v) is 42.3. The number of ether oxygens (including phenoxy) is 2. The number of aliphatic imine (C=N–C) groups is 2. The molecule has 0 spiro atoms. The lowest BCUT2D eigenvalue weighted by molar-refractivity contribution is -0.251. The van der Waals surface area contributed by atoms with E-state index >= 15 is 0 Å². The number of hydrogen-bond acceptors (Lipinski definition) is 6. The van der Waals surface area contributed by atoms with Crippen LogP contribution in [0.25, 0.3) is 0 Å². The van der Waals surface area contributed by atoms with Crippen molar-refractivity contribution in [2.45, 2.75) is 136 Å². The molecule has 0 saturated heterocycles. The molecule has 5 aromatic rings. The third-order valence-electron chi connectivity index (χ3n) is 11.7. The Bertz CT molecular complexity index is 1930. The normalized spacial score (nSPS) is 14.3. The first kappa shape index (κ1) is 54.0. The number of rotatable bonds is 22. The summed E-state index contributed by atoms with van der Waals surface area (Å²) in [6.07, 6.45) is 16.0. The molecule has 5 aromatic carbocycles. The Kier molecular flexibility index (Phi) is 25.7. The molecule has 0 bridgehead atoms. The van der Waals surface area contributed by atoms with Crippen LogP contribution in [-0.4, -0.2) is 53.3 Å². The first-order chi connectivity index (χ1) is 32.0. The number of hydrogen-bond donors (Lipinski definition) is 1. The summed E-state index contributed by atoms with van der Waals surface area (Å²) in [4.78, 5) is 13.5. The van der Waals surface area contributed by atoms with E-state index in [2.05, 4.69) is 205 Å². The largest absolute Gasteiger partial charge is 0.479 e. The van der Waals surface area contributed by atoms with Gasteiger partial charge in [-0.1, -0.05) is 168 Å². The molecule has 0 atom stereocenters. The average Bonchev–Trinajstić information content (AvgIpc) is 3.87. The van der Waals surface area contributed by atoms with Crippen molar-refractivity contribution in [1.82, 2.24) is 0 Å². The third-order valence-corrected chi connectivity index (χ3v) is 12.3. The Morgan fingerprint density at radius 2 is 0.833 bits per heavy atom. The van der Waals surface area contributed by atoms with Crippen LogP contribution in [0.5, 0.6) is 0 Å². The van der Waals surface area contributed by atoms with Gasteiger partial charge in [-0.25, -0.2) is 14.9 Å². The Hall–Kier alpha value is -4.56. The highest BCUT2D eigenvalue weighted by molar-refractivity contribution is 9.09. The van der Waals surface area contributed by atoms with Gasteiger partial charge in [0.05, 0.1) is 17.7 Å². The minimum atomic E-state index is -0.0631. The molecule has 2 aliphatic heterocycles.